The molecule has 0 radical (unpaired) electrons. The van der Waals surface area contributed by atoms with Gasteiger partial charge < -0.3 is 14.7 Å². The number of ether oxygens (including phenoxy) is 1. The molecule has 0 aliphatic carbocycles. The van der Waals surface area contributed by atoms with E-state index in [1.165, 1.54) is 24.5 Å². The van der Waals surface area contributed by atoms with E-state index in [9.17, 15) is 9.59 Å². The van der Waals surface area contributed by atoms with E-state index in [0.717, 1.165) is 0 Å². The van der Waals surface area contributed by atoms with E-state index in [0.29, 0.717) is 11.5 Å². The summed E-state index contributed by atoms with van der Waals surface area (Å²) in [6.45, 7) is 0. The molecule has 2 rings (SSSR count). The Bertz CT molecular complexity index is 519. The average Bonchev–Trinajstić information content (AvgIpc) is 2.17. The SMILES string of the molecule is O=c1cc(Oc2cc[nH]c(=O)c2)cc[nH]1. The van der Waals surface area contributed by atoms with Gasteiger partial charge in [0.25, 0.3) is 11.1 Å². The molecule has 0 saturated heterocycles. The van der Waals surface area contributed by atoms with E-state index in [1.54, 1.807) is 12.1 Å². The van der Waals surface area contributed by atoms with Crippen molar-refractivity contribution in [3.8, 4) is 11.5 Å². The monoisotopic (exact) mass is 204 g/mol. The molecule has 2 N–H and O–H groups in total. The average molecular weight is 204 g/mol. The highest BCUT2D eigenvalue weighted by Crippen LogP contribution is 2.16. The lowest BCUT2D eigenvalue weighted by molar-refractivity contribution is 0.480. The van der Waals surface area contributed by atoms with Crippen LogP contribution in [0, 0.1) is 0 Å². The molecule has 2 aromatic heterocycles. The van der Waals surface area contributed by atoms with Crippen LogP contribution in [0.4, 0.5) is 0 Å². The third-order valence-corrected chi connectivity index (χ3v) is 1.73. The fraction of sp³-hybridized carbons (Fsp3) is 0. The molecule has 15 heavy (non-hydrogen) atoms. The fourth-order valence-corrected chi connectivity index (χ4v) is 1.11. The predicted molar refractivity (Wildman–Crippen MR) is 54.2 cm³/mol. The number of nitrogens with one attached hydrogen (secondary N) is 2. The molecule has 0 amide bonds. The van der Waals surface area contributed by atoms with Gasteiger partial charge >= 0.3 is 0 Å². The van der Waals surface area contributed by atoms with Crippen LogP contribution in [-0.4, -0.2) is 9.97 Å². The molecule has 0 fully saturated rings. The Balaban J connectivity index is 2.29. The lowest BCUT2D eigenvalue weighted by Gasteiger charge is -2.03. The Labute approximate surface area is 84.4 Å². The first-order chi connectivity index (χ1) is 7.24. The van der Waals surface area contributed by atoms with E-state index >= 15 is 0 Å². The standard InChI is InChI=1S/C10H8N2O3/c13-9-5-7(1-3-11-9)15-8-2-4-12-10(14)6-8/h1-6H,(H,11,13)(H,12,14). The molecule has 0 aliphatic heterocycles. The summed E-state index contributed by atoms with van der Waals surface area (Å²) >= 11 is 0. The molecular formula is C10H8N2O3. The van der Waals surface area contributed by atoms with E-state index in [-0.39, 0.29) is 11.1 Å². The highest BCUT2D eigenvalue weighted by Gasteiger charge is 1.97. The number of hydrogen-bond donors (Lipinski definition) is 2. The van der Waals surface area contributed by atoms with Gasteiger partial charge in [0.1, 0.15) is 11.5 Å². The van der Waals surface area contributed by atoms with Gasteiger partial charge in [-0.3, -0.25) is 9.59 Å². The summed E-state index contributed by atoms with van der Waals surface area (Å²) < 4.78 is 5.30. The van der Waals surface area contributed by atoms with Gasteiger partial charge in [-0.2, -0.15) is 0 Å². The minimum Gasteiger partial charge on any atom is -0.457 e. The van der Waals surface area contributed by atoms with Crippen LogP contribution in [0.2, 0.25) is 0 Å². The number of aromatic nitrogens is 2. The lowest BCUT2D eigenvalue weighted by Crippen LogP contribution is -2.04. The molecule has 2 aromatic rings. The molecule has 5 heteroatoms. The van der Waals surface area contributed by atoms with Crippen molar-refractivity contribution in [1.29, 1.82) is 0 Å². The van der Waals surface area contributed by atoms with Crippen LogP contribution in [0.1, 0.15) is 0 Å². The molecule has 0 saturated carbocycles. The van der Waals surface area contributed by atoms with Crippen molar-refractivity contribution in [2.75, 3.05) is 0 Å². The molecular weight excluding hydrogens is 196 g/mol. The minimum absolute atomic E-state index is 0.252. The van der Waals surface area contributed by atoms with E-state index < -0.39 is 0 Å². The maximum Gasteiger partial charge on any atom is 0.251 e. The van der Waals surface area contributed by atoms with Gasteiger partial charge in [-0.15, -0.1) is 0 Å². The summed E-state index contributed by atoms with van der Waals surface area (Å²) in [5.41, 5.74) is -0.505. The van der Waals surface area contributed by atoms with E-state index in [1.807, 2.05) is 0 Å². The first kappa shape index (κ1) is 9.26. The molecule has 0 bridgehead atoms. The highest BCUT2D eigenvalue weighted by atomic mass is 16.5. The third-order valence-electron chi connectivity index (χ3n) is 1.73. The van der Waals surface area contributed by atoms with Crippen LogP contribution >= 0.6 is 0 Å². The zero-order valence-electron chi connectivity index (χ0n) is 7.69. The van der Waals surface area contributed by atoms with Crippen LogP contribution in [0.5, 0.6) is 11.5 Å². The lowest BCUT2D eigenvalue weighted by atomic mass is 10.4. The zero-order valence-corrected chi connectivity index (χ0v) is 7.69. The summed E-state index contributed by atoms with van der Waals surface area (Å²) in [5.74, 6) is 0.786. The summed E-state index contributed by atoms with van der Waals surface area (Å²) in [6.07, 6.45) is 2.95. The van der Waals surface area contributed by atoms with Crippen LogP contribution in [0.15, 0.2) is 46.2 Å². The predicted octanol–water partition coefficient (Wildman–Crippen LogP) is 0.855. The first-order valence-electron chi connectivity index (χ1n) is 4.29. The van der Waals surface area contributed by atoms with Gasteiger partial charge in [0.2, 0.25) is 0 Å². The molecule has 2 heterocycles. The molecule has 0 atom stereocenters. The van der Waals surface area contributed by atoms with Gasteiger partial charge in [-0.25, -0.2) is 0 Å². The minimum atomic E-state index is -0.252. The van der Waals surface area contributed by atoms with Crippen LogP contribution < -0.4 is 15.9 Å². The number of rotatable bonds is 2. The van der Waals surface area contributed by atoms with Crippen molar-refractivity contribution in [2.24, 2.45) is 0 Å². The first-order valence-corrected chi connectivity index (χ1v) is 4.29. The van der Waals surface area contributed by atoms with Crippen LogP contribution in [0.3, 0.4) is 0 Å². The molecule has 0 unspecified atom stereocenters. The number of pyridine rings is 2. The molecule has 5 nitrogen and oxygen atoms in total. The van der Waals surface area contributed by atoms with Crippen molar-refractivity contribution in [3.63, 3.8) is 0 Å². The van der Waals surface area contributed by atoms with Crippen molar-refractivity contribution in [2.45, 2.75) is 0 Å². The zero-order chi connectivity index (χ0) is 10.7. The fourth-order valence-electron chi connectivity index (χ4n) is 1.11. The second-order valence-corrected chi connectivity index (χ2v) is 2.88. The second-order valence-electron chi connectivity index (χ2n) is 2.88. The second kappa shape index (κ2) is 3.83. The Kier molecular flexibility index (Phi) is 2.37. The van der Waals surface area contributed by atoms with Gasteiger partial charge in [0, 0.05) is 24.5 Å². The summed E-state index contributed by atoms with van der Waals surface area (Å²) in [6, 6.07) is 5.81. The summed E-state index contributed by atoms with van der Waals surface area (Å²) in [4.78, 5) is 26.8. The molecule has 0 aromatic carbocycles. The van der Waals surface area contributed by atoms with Gasteiger partial charge in [-0.1, -0.05) is 0 Å². The quantitative estimate of drug-likeness (QED) is 0.761. The topological polar surface area (TPSA) is 75.0 Å². The largest absolute Gasteiger partial charge is 0.457 e. The van der Waals surface area contributed by atoms with Gasteiger partial charge in [0.15, 0.2) is 0 Å². The van der Waals surface area contributed by atoms with Crippen molar-refractivity contribution < 1.29 is 4.74 Å². The van der Waals surface area contributed by atoms with Gasteiger partial charge in [0.05, 0.1) is 0 Å². The summed E-state index contributed by atoms with van der Waals surface area (Å²) in [7, 11) is 0. The Morgan fingerprint density at radius 2 is 1.33 bits per heavy atom. The Morgan fingerprint density at radius 3 is 1.73 bits per heavy atom. The van der Waals surface area contributed by atoms with Crippen molar-refractivity contribution in [1.82, 2.24) is 9.97 Å². The van der Waals surface area contributed by atoms with Crippen molar-refractivity contribution in [3.05, 3.63) is 57.4 Å². The van der Waals surface area contributed by atoms with Crippen molar-refractivity contribution >= 4 is 0 Å². The van der Waals surface area contributed by atoms with Gasteiger partial charge in [-0.05, 0) is 12.1 Å². The molecule has 76 valence electrons. The number of hydrogen-bond acceptors (Lipinski definition) is 3. The maximum atomic E-state index is 10.9. The number of H-pyrrole nitrogens is 2. The van der Waals surface area contributed by atoms with E-state index in [2.05, 4.69) is 9.97 Å². The molecule has 0 spiro atoms. The smallest absolute Gasteiger partial charge is 0.251 e. The Morgan fingerprint density at radius 1 is 0.867 bits per heavy atom. The highest BCUT2D eigenvalue weighted by molar-refractivity contribution is 5.27. The van der Waals surface area contributed by atoms with E-state index in [4.69, 9.17) is 4.74 Å². The summed E-state index contributed by atoms with van der Waals surface area (Å²) in [5, 5.41) is 0. The maximum absolute atomic E-state index is 10.9. The van der Waals surface area contributed by atoms with Crippen LogP contribution in [-0.2, 0) is 0 Å². The Hall–Kier alpha value is -2.30. The molecule has 0 aliphatic rings. The number of aromatic amines is 2. The van der Waals surface area contributed by atoms with Crippen LogP contribution in [0.25, 0.3) is 0 Å². The third kappa shape index (κ3) is 2.34. The normalized spacial score (nSPS) is 9.87.